The molecule has 4 rings (SSSR count). The molecule has 7 nitrogen and oxygen atoms in total. The van der Waals surface area contributed by atoms with E-state index in [1.165, 1.54) is 31.4 Å². The second-order valence-electron chi connectivity index (χ2n) is 8.07. The number of amides is 3. The third-order valence-corrected chi connectivity index (χ3v) is 5.64. The van der Waals surface area contributed by atoms with Crippen LogP contribution in [0.3, 0.4) is 0 Å². The number of anilines is 2. The van der Waals surface area contributed by atoms with Crippen LogP contribution in [0.4, 0.5) is 29.3 Å². The van der Waals surface area contributed by atoms with Gasteiger partial charge in [0.1, 0.15) is 11.5 Å². The van der Waals surface area contributed by atoms with Gasteiger partial charge in [0.15, 0.2) is 0 Å². The van der Waals surface area contributed by atoms with E-state index < -0.39 is 6.36 Å². The Morgan fingerprint density at radius 1 is 0.972 bits per heavy atom. The van der Waals surface area contributed by atoms with Gasteiger partial charge < -0.3 is 19.7 Å². The first kappa shape index (κ1) is 24.9. The lowest BCUT2D eigenvalue weighted by Gasteiger charge is -2.36. The second-order valence-corrected chi connectivity index (χ2v) is 8.07. The average molecular weight is 499 g/mol. The molecule has 3 amide bonds. The molecule has 3 aromatic rings. The number of nitrogens with zero attached hydrogens (tertiary/aromatic N) is 2. The van der Waals surface area contributed by atoms with Crippen molar-refractivity contribution >= 4 is 23.3 Å². The van der Waals surface area contributed by atoms with E-state index in [0.717, 1.165) is 0 Å². The number of ether oxygens (including phenoxy) is 2. The Hall–Kier alpha value is -4.21. The molecule has 0 bridgehead atoms. The highest BCUT2D eigenvalue weighted by Gasteiger charge is 2.31. The summed E-state index contributed by atoms with van der Waals surface area (Å²) in [7, 11) is 1.48. The number of benzene rings is 3. The molecular formula is C26H24F3N3O4. The van der Waals surface area contributed by atoms with Gasteiger partial charge in [-0.3, -0.25) is 9.69 Å². The third kappa shape index (κ3) is 5.88. The summed E-state index contributed by atoms with van der Waals surface area (Å²) < 4.78 is 46.4. The maximum Gasteiger partial charge on any atom is 0.573 e. The van der Waals surface area contributed by atoms with E-state index in [2.05, 4.69) is 10.1 Å². The molecule has 1 heterocycles. The van der Waals surface area contributed by atoms with Crippen LogP contribution in [0, 0.1) is 0 Å². The van der Waals surface area contributed by atoms with Gasteiger partial charge in [0, 0.05) is 19.6 Å². The van der Waals surface area contributed by atoms with E-state index in [1.807, 2.05) is 0 Å². The van der Waals surface area contributed by atoms with E-state index in [1.54, 1.807) is 58.3 Å². The number of urea groups is 1. The number of para-hydroxylation sites is 3. The molecule has 0 aliphatic carbocycles. The molecule has 1 saturated heterocycles. The zero-order valence-corrected chi connectivity index (χ0v) is 19.4. The maximum absolute atomic E-state index is 13.3. The van der Waals surface area contributed by atoms with Crippen molar-refractivity contribution in [3.05, 3.63) is 83.9 Å². The molecule has 0 spiro atoms. The number of halogens is 3. The molecule has 1 fully saturated rings. The highest BCUT2D eigenvalue weighted by Crippen LogP contribution is 2.31. The highest BCUT2D eigenvalue weighted by molar-refractivity contribution is 6.09. The summed E-state index contributed by atoms with van der Waals surface area (Å²) >= 11 is 0. The third-order valence-electron chi connectivity index (χ3n) is 5.64. The first-order valence-corrected chi connectivity index (χ1v) is 11.2. The van der Waals surface area contributed by atoms with Crippen LogP contribution in [0.2, 0.25) is 0 Å². The topological polar surface area (TPSA) is 71.1 Å². The quantitative estimate of drug-likeness (QED) is 0.454. The minimum atomic E-state index is -4.76. The molecule has 1 aliphatic heterocycles. The van der Waals surface area contributed by atoms with E-state index in [0.29, 0.717) is 47.8 Å². The lowest BCUT2D eigenvalue weighted by molar-refractivity contribution is -0.274. The number of hydrogen-bond acceptors (Lipinski definition) is 4. The monoisotopic (exact) mass is 499 g/mol. The Morgan fingerprint density at radius 2 is 1.67 bits per heavy atom. The Kier molecular flexibility index (Phi) is 7.33. The lowest BCUT2D eigenvalue weighted by Crippen LogP contribution is -2.49. The van der Waals surface area contributed by atoms with Gasteiger partial charge in [0.2, 0.25) is 0 Å². The molecule has 0 atom stereocenters. The minimum absolute atomic E-state index is 0.220. The SMILES string of the molecule is COc1ccccc1C(=O)Nc1ccccc1N1CCCN(Cc2ccc(OC(F)(F)F)cc2)C1=O. The summed E-state index contributed by atoms with van der Waals surface area (Å²) in [5, 5.41) is 2.87. The van der Waals surface area contributed by atoms with Crippen molar-refractivity contribution in [3.8, 4) is 11.5 Å². The predicted molar refractivity (Wildman–Crippen MR) is 128 cm³/mol. The Labute approximate surface area is 206 Å². The van der Waals surface area contributed by atoms with Crippen molar-refractivity contribution in [2.24, 2.45) is 0 Å². The zero-order chi connectivity index (χ0) is 25.7. The number of carbonyl (C=O) groups excluding carboxylic acids is 2. The molecule has 0 radical (unpaired) electrons. The fraction of sp³-hybridized carbons (Fsp3) is 0.231. The summed E-state index contributed by atoms with van der Waals surface area (Å²) in [6.07, 6.45) is -4.09. The first-order valence-electron chi connectivity index (χ1n) is 11.2. The molecule has 0 unspecified atom stereocenters. The van der Waals surface area contributed by atoms with Gasteiger partial charge in [0.25, 0.3) is 5.91 Å². The fourth-order valence-electron chi connectivity index (χ4n) is 4.01. The number of nitrogens with one attached hydrogen (secondary N) is 1. The van der Waals surface area contributed by atoms with Crippen LogP contribution in [-0.4, -0.2) is 43.4 Å². The van der Waals surface area contributed by atoms with Crippen LogP contribution in [0.1, 0.15) is 22.3 Å². The van der Waals surface area contributed by atoms with Crippen molar-refractivity contribution in [2.45, 2.75) is 19.3 Å². The van der Waals surface area contributed by atoms with Crippen LogP contribution >= 0.6 is 0 Å². The van der Waals surface area contributed by atoms with Gasteiger partial charge >= 0.3 is 12.4 Å². The van der Waals surface area contributed by atoms with Crippen LogP contribution in [0.5, 0.6) is 11.5 Å². The average Bonchev–Trinajstić information content (AvgIpc) is 2.86. The number of alkyl halides is 3. The van der Waals surface area contributed by atoms with Gasteiger partial charge in [-0.2, -0.15) is 0 Å². The van der Waals surface area contributed by atoms with Crippen molar-refractivity contribution in [1.82, 2.24) is 4.90 Å². The Balaban J connectivity index is 1.49. The van der Waals surface area contributed by atoms with Gasteiger partial charge in [-0.15, -0.1) is 13.2 Å². The van der Waals surface area contributed by atoms with Crippen molar-refractivity contribution in [3.63, 3.8) is 0 Å². The summed E-state index contributed by atoms with van der Waals surface area (Å²) in [5.41, 5.74) is 2.04. The van der Waals surface area contributed by atoms with E-state index in [9.17, 15) is 22.8 Å². The van der Waals surface area contributed by atoms with E-state index in [4.69, 9.17) is 4.74 Å². The summed E-state index contributed by atoms with van der Waals surface area (Å²) in [6, 6.07) is 19.0. The molecule has 0 aromatic heterocycles. The normalized spacial score (nSPS) is 13.9. The molecule has 10 heteroatoms. The minimum Gasteiger partial charge on any atom is -0.496 e. The van der Waals surface area contributed by atoms with Crippen LogP contribution in [0.25, 0.3) is 0 Å². The Bertz CT molecular complexity index is 1230. The number of hydrogen-bond donors (Lipinski definition) is 1. The highest BCUT2D eigenvalue weighted by atomic mass is 19.4. The fourth-order valence-corrected chi connectivity index (χ4v) is 4.01. The van der Waals surface area contributed by atoms with Crippen molar-refractivity contribution in [2.75, 3.05) is 30.4 Å². The van der Waals surface area contributed by atoms with Gasteiger partial charge in [-0.25, -0.2) is 4.79 Å². The van der Waals surface area contributed by atoms with Crippen LogP contribution in [-0.2, 0) is 6.54 Å². The predicted octanol–water partition coefficient (Wildman–Crippen LogP) is 5.68. The smallest absolute Gasteiger partial charge is 0.496 e. The lowest BCUT2D eigenvalue weighted by atomic mass is 10.1. The first-order chi connectivity index (χ1) is 17.2. The van der Waals surface area contributed by atoms with Gasteiger partial charge in [-0.05, 0) is 48.4 Å². The standard InChI is InChI=1S/C26H24F3N3O4/c1-35-23-10-5-2-7-20(23)24(33)30-21-8-3-4-9-22(21)32-16-6-15-31(25(32)34)17-18-11-13-19(14-12-18)36-26(27,28)29/h2-5,7-14H,6,15-17H2,1H3,(H,30,33). The van der Waals surface area contributed by atoms with Gasteiger partial charge in [0.05, 0.1) is 24.0 Å². The molecule has 36 heavy (non-hydrogen) atoms. The molecule has 1 N–H and O–H groups in total. The summed E-state index contributed by atoms with van der Waals surface area (Å²) in [4.78, 5) is 29.5. The second kappa shape index (κ2) is 10.6. The summed E-state index contributed by atoms with van der Waals surface area (Å²) in [6.45, 7) is 1.17. The molecular weight excluding hydrogens is 475 g/mol. The van der Waals surface area contributed by atoms with Crippen LogP contribution < -0.4 is 19.7 Å². The number of carbonyl (C=O) groups is 2. The summed E-state index contributed by atoms with van der Waals surface area (Å²) in [5.74, 6) is -0.265. The van der Waals surface area contributed by atoms with Gasteiger partial charge in [-0.1, -0.05) is 36.4 Å². The molecule has 3 aromatic carbocycles. The zero-order valence-electron chi connectivity index (χ0n) is 19.4. The van der Waals surface area contributed by atoms with Crippen molar-refractivity contribution < 1.29 is 32.2 Å². The number of methoxy groups -OCH3 is 1. The maximum atomic E-state index is 13.3. The molecule has 188 valence electrons. The largest absolute Gasteiger partial charge is 0.573 e. The van der Waals surface area contributed by atoms with E-state index in [-0.39, 0.29) is 24.2 Å². The number of rotatable bonds is 7. The Morgan fingerprint density at radius 3 is 2.39 bits per heavy atom. The molecule has 0 saturated carbocycles. The van der Waals surface area contributed by atoms with Crippen molar-refractivity contribution in [1.29, 1.82) is 0 Å². The van der Waals surface area contributed by atoms with Crippen LogP contribution in [0.15, 0.2) is 72.8 Å². The van der Waals surface area contributed by atoms with E-state index >= 15 is 0 Å². The molecule has 1 aliphatic rings.